The summed E-state index contributed by atoms with van der Waals surface area (Å²) in [4.78, 5) is 39.8. The van der Waals surface area contributed by atoms with Crippen LogP contribution in [0.25, 0.3) is 0 Å². The van der Waals surface area contributed by atoms with Crippen molar-refractivity contribution in [3.63, 3.8) is 0 Å². The summed E-state index contributed by atoms with van der Waals surface area (Å²) in [7, 11) is 0. The lowest BCUT2D eigenvalue weighted by Gasteiger charge is -2.35. The molecule has 2 atom stereocenters. The number of amides is 3. The second-order valence-electron chi connectivity index (χ2n) is 9.21. The average molecular weight is 549 g/mol. The molecule has 2 aromatic carbocycles. The lowest BCUT2D eigenvalue weighted by molar-refractivity contribution is -0.123. The van der Waals surface area contributed by atoms with E-state index in [1.807, 2.05) is 26.0 Å². The fraction of sp³-hybridized carbons (Fsp3) is 0.296. The number of benzene rings is 2. The van der Waals surface area contributed by atoms with E-state index in [-0.39, 0.29) is 24.6 Å². The molecule has 11 heteroatoms. The zero-order valence-electron chi connectivity index (χ0n) is 20.8. The third kappa shape index (κ3) is 5.08. The van der Waals surface area contributed by atoms with Gasteiger partial charge < -0.3 is 15.0 Å². The van der Waals surface area contributed by atoms with Gasteiger partial charge in [0.1, 0.15) is 24.2 Å². The summed E-state index contributed by atoms with van der Waals surface area (Å²) >= 11 is 7.66. The van der Waals surface area contributed by atoms with Crippen LogP contribution in [0, 0.1) is 11.3 Å². The van der Waals surface area contributed by atoms with Crippen LogP contribution in [-0.2, 0) is 4.79 Å². The number of halogens is 1. The first-order valence-electron chi connectivity index (χ1n) is 12.1. The predicted molar refractivity (Wildman–Crippen MR) is 144 cm³/mol. The molecule has 1 saturated heterocycles. The average Bonchev–Trinajstić information content (AvgIpc) is 3.57. The van der Waals surface area contributed by atoms with E-state index in [1.54, 1.807) is 46.9 Å². The molecule has 3 amide bonds. The van der Waals surface area contributed by atoms with Gasteiger partial charge in [-0.25, -0.2) is 4.79 Å². The molecule has 1 fully saturated rings. The van der Waals surface area contributed by atoms with Crippen LogP contribution in [0.1, 0.15) is 47.5 Å². The summed E-state index contributed by atoms with van der Waals surface area (Å²) in [6.45, 7) is 4.48. The number of hydrogen-bond acceptors (Lipinski definition) is 7. The first kappa shape index (κ1) is 25.7. The third-order valence-corrected chi connectivity index (χ3v) is 7.35. The zero-order chi connectivity index (χ0) is 26.8. The normalized spacial score (nSPS) is 19.2. The highest BCUT2D eigenvalue weighted by atomic mass is 35.5. The number of carbonyl (C=O) groups excluding carboxylic acids is 2. The van der Waals surface area contributed by atoms with Crippen LogP contribution < -0.4 is 10.1 Å². The molecule has 0 aliphatic carbocycles. The topological polar surface area (TPSA) is 111 Å². The maximum absolute atomic E-state index is 14.2. The van der Waals surface area contributed by atoms with Gasteiger partial charge >= 0.3 is 6.03 Å². The number of nitrogens with zero attached hydrogens (tertiary/aromatic N) is 5. The summed E-state index contributed by atoms with van der Waals surface area (Å²) in [6.07, 6.45) is 1.58. The van der Waals surface area contributed by atoms with Gasteiger partial charge in [0.15, 0.2) is 0 Å². The first-order valence-corrected chi connectivity index (χ1v) is 13.4. The monoisotopic (exact) mass is 548 g/mol. The number of piperazine rings is 1. The highest BCUT2D eigenvalue weighted by molar-refractivity contribution is 7.09. The van der Waals surface area contributed by atoms with Gasteiger partial charge in [-0.2, -0.15) is 5.26 Å². The molecule has 1 N–H and O–H groups in total. The van der Waals surface area contributed by atoms with Crippen molar-refractivity contribution in [1.82, 2.24) is 20.1 Å². The number of hydrogen-bond donors (Lipinski definition) is 1. The Labute approximate surface area is 229 Å². The van der Waals surface area contributed by atoms with Gasteiger partial charge in [0, 0.05) is 24.3 Å². The molecule has 2 aliphatic rings. The summed E-state index contributed by atoms with van der Waals surface area (Å²) < 4.78 is 6.10. The van der Waals surface area contributed by atoms with E-state index in [2.05, 4.69) is 16.4 Å². The summed E-state index contributed by atoms with van der Waals surface area (Å²) in [5.74, 6) is 0.637. The number of amidine groups is 1. The lowest BCUT2D eigenvalue weighted by Crippen LogP contribution is -2.55. The van der Waals surface area contributed by atoms with Crippen molar-refractivity contribution in [1.29, 1.82) is 5.26 Å². The second kappa shape index (κ2) is 10.8. The Hall–Kier alpha value is -3.94. The lowest BCUT2D eigenvalue weighted by atomic mass is 9.98. The second-order valence-corrected chi connectivity index (χ2v) is 10.6. The minimum Gasteiger partial charge on any atom is -0.490 e. The zero-order valence-corrected chi connectivity index (χ0v) is 22.4. The van der Waals surface area contributed by atoms with Crippen molar-refractivity contribution < 1.29 is 14.3 Å². The molecule has 5 rings (SSSR count). The summed E-state index contributed by atoms with van der Waals surface area (Å²) in [5, 5.41) is 12.9. The van der Waals surface area contributed by atoms with Gasteiger partial charge in [-0.05, 0) is 49.7 Å². The largest absolute Gasteiger partial charge is 0.490 e. The first-order chi connectivity index (χ1) is 18.4. The van der Waals surface area contributed by atoms with Gasteiger partial charge in [-0.3, -0.25) is 19.7 Å². The number of aliphatic imine (C=N–C) groups is 1. The molecule has 3 heterocycles. The van der Waals surface area contributed by atoms with Crippen LogP contribution in [0.4, 0.5) is 4.79 Å². The van der Waals surface area contributed by atoms with Crippen molar-refractivity contribution in [2.75, 3.05) is 19.6 Å². The molecule has 38 heavy (non-hydrogen) atoms. The van der Waals surface area contributed by atoms with E-state index in [0.717, 1.165) is 10.4 Å². The van der Waals surface area contributed by atoms with Gasteiger partial charge in [0.2, 0.25) is 5.91 Å². The standard InChI is InChI=1S/C27H25ClN6O3S/c1-16(2)37-21-11-17(12-29)3-8-20(21)26-32-24(22-13-30-15-38-22)25(18-4-6-19(28)7-5-18)34(26)27(36)33-10-9-31-23(35)14-33/h3-8,11,13,15-16,24-25H,9-10,14H2,1-2H3,(H,31,35)/t24-,25+/m0/s1. The number of carbonyl (C=O) groups is 2. The highest BCUT2D eigenvalue weighted by Crippen LogP contribution is 2.46. The molecule has 0 bridgehead atoms. The molecular weight excluding hydrogens is 524 g/mol. The van der Waals surface area contributed by atoms with Crippen LogP contribution in [0.5, 0.6) is 5.75 Å². The van der Waals surface area contributed by atoms with Crippen LogP contribution in [0.3, 0.4) is 0 Å². The minimum absolute atomic E-state index is 0.0517. The van der Waals surface area contributed by atoms with Crippen LogP contribution in [0.2, 0.25) is 5.02 Å². The quantitative estimate of drug-likeness (QED) is 0.503. The smallest absolute Gasteiger partial charge is 0.326 e. The molecule has 9 nitrogen and oxygen atoms in total. The van der Waals surface area contributed by atoms with Crippen molar-refractivity contribution in [3.05, 3.63) is 80.8 Å². The van der Waals surface area contributed by atoms with E-state index in [9.17, 15) is 14.9 Å². The van der Waals surface area contributed by atoms with Gasteiger partial charge in [-0.1, -0.05) is 23.7 Å². The van der Waals surface area contributed by atoms with Crippen molar-refractivity contribution in [3.8, 4) is 11.8 Å². The number of aromatic nitrogens is 1. The maximum Gasteiger partial charge on any atom is 0.326 e. The van der Waals surface area contributed by atoms with Crippen LogP contribution >= 0.6 is 22.9 Å². The Kier molecular flexibility index (Phi) is 7.31. The van der Waals surface area contributed by atoms with E-state index < -0.39 is 12.1 Å². The molecule has 194 valence electrons. The molecule has 0 radical (unpaired) electrons. The molecule has 0 unspecified atom stereocenters. The number of urea groups is 1. The molecule has 0 saturated carbocycles. The van der Waals surface area contributed by atoms with Gasteiger partial charge in [-0.15, -0.1) is 11.3 Å². The van der Waals surface area contributed by atoms with Crippen LogP contribution in [-0.4, -0.2) is 58.3 Å². The van der Waals surface area contributed by atoms with Crippen molar-refractivity contribution in [2.24, 2.45) is 4.99 Å². The van der Waals surface area contributed by atoms with Crippen molar-refractivity contribution >= 4 is 40.7 Å². The predicted octanol–water partition coefficient (Wildman–Crippen LogP) is 4.55. The molecular formula is C27H25ClN6O3S. The maximum atomic E-state index is 14.2. The summed E-state index contributed by atoms with van der Waals surface area (Å²) in [5.41, 5.74) is 3.58. The van der Waals surface area contributed by atoms with E-state index in [1.165, 1.54) is 16.2 Å². The molecule has 2 aliphatic heterocycles. The van der Waals surface area contributed by atoms with E-state index in [0.29, 0.717) is 40.8 Å². The SMILES string of the molecule is CC(C)Oc1cc(C#N)ccc1C1=N[C@@H](c2cncs2)[C@@H](c2ccc(Cl)cc2)N1C(=O)N1CCNC(=O)C1. The molecule has 3 aromatic rings. The Morgan fingerprint density at radius 1 is 1.26 bits per heavy atom. The number of rotatable bonds is 5. The van der Waals surface area contributed by atoms with Crippen LogP contribution in [0.15, 0.2) is 59.2 Å². The number of thiazole rings is 1. The summed E-state index contributed by atoms with van der Waals surface area (Å²) in [6, 6.07) is 13.2. The van der Waals surface area contributed by atoms with Gasteiger partial charge in [0.05, 0.1) is 39.7 Å². The van der Waals surface area contributed by atoms with Gasteiger partial charge in [0.25, 0.3) is 0 Å². The number of nitriles is 1. The van der Waals surface area contributed by atoms with E-state index in [4.69, 9.17) is 21.3 Å². The number of ether oxygens (including phenoxy) is 1. The highest BCUT2D eigenvalue weighted by Gasteiger charge is 2.45. The Morgan fingerprint density at radius 3 is 2.71 bits per heavy atom. The molecule has 1 aromatic heterocycles. The Bertz CT molecular complexity index is 1420. The van der Waals surface area contributed by atoms with E-state index >= 15 is 0 Å². The fourth-order valence-corrected chi connectivity index (χ4v) is 5.42. The minimum atomic E-state index is -0.525. The Balaban J connectivity index is 1.69. The molecule has 0 spiro atoms. The number of nitrogens with one attached hydrogen (secondary N) is 1. The fourth-order valence-electron chi connectivity index (χ4n) is 4.61. The van der Waals surface area contributed by atoms with Crippen molar-refractivity contribution in [2.45, 2.75) is 32.0 Å². The Morgan fingerprint density at radius 2 is 2.05 bits per heavy atom. The third-order valence-electron chi connectivity index (χ3n) is 6.25.